The Morgan fingerprint density at radius 2 is 1.81 bits per heavy atom. The molecule has 1 fully saturated rings. The van der Waals surface area contributed by atoms with Gasteiger partial charge in [-0.3, -0.25) is 14.5 Å². The highest BCUT2D eigenvalue weighted by atomic mass is 35.5. The second-order valence-electron chi connectivity index (χ2n) is 7.31. The van der Waals surface area contributed by atoms with Gasteiger partial charge in [-0.05, 0) is 60.2 Å². The first-order valence-corrected chi connectivity index (χ1v) is 11.1. The zero-order valence-corrected chi connectivity index (χ0v) is 18.8. The Balaban J connectivity index is 1.42. The molecule has 1 aliphatic heterocycles. The molecular formula is C25H19ClFNO3S. The molecule has 32 heavy (non-hydrogen) atoms. The lowest BCUT2D eigenvalue weighted by Crippen LogP contribution is -2.27. The molecule has 4 nitrogen and oxygen atoms in total. The molecular weight excluding hydrogens is 449 g/mol. The number of rotatable bonds is 6. The number of thioether (sulfide) groups is 1. The smallest absolute Gasteiger partial charge is 0.293 e. The van der Waals surface area contributed by atoms with E-state index in [0.29, 0.717) is 21.2 Å². The number of carbonyl (C=O) groups excluding carboxylic acids is 2. The van der Waals surface area contributed by atoms with Crippen molar-refractivity contribution in [2.24, 2.45) is 0 Å². The SMILES string of the molecule is Cc1cccc(CN2C(=O)S/C(=C\c3ccc(OCc4c(F)cccc4Cl)cc3)C2=O)c1. The number of carbonyl (C=O) groups is 2. The lowest BCUT2D eigenvalue weighted by molar-refractivity contribution is -0.123. The van der Waals surface area contributed by atoms with Gasteiger partial charge in [0.25, 0.3) is 11.1 Å². The second kappa shape index (κ2) is 9.59. The van der Waals surface area contributed by atoms with E-state index < -0.39 is 5.82 Å². The lowest BCUT2D eigenvalue weighted by atomic mass is 10.1. The predicted octanol–water partition coefficient (Wildman–Crippen LogP) is 6.60. The molecule has 7 heteroatoms. The van der Waals surface area contributed by atoms with Crippen molar-refractivity contribution >= 4 is 40.6 Å². The zero-order valence-electron chi connectivity index (χ0n) is 17.2. The van der Waals surface area contributed by atoms with E-state index in [1.54, 1.807) is 42.5 Å². The molecule has 0 aliphatic carbocycles. The van der Waals surface area contributed by atoms with E-state index in [1.165, 1.54) is 11.0 Å². The van der Waals surface area contributed by atoms with E-state index in [4.69, 9.17) is 16.3 Å². The average Bonchev–Trinajstić information content (AvgIpc) is 3.02. The normalized spacial score (nSPS) is 15.0. The average molecular weight is 468 g/mol. The summed E-state index contributed by atoms with van der Waals surface area (Å²) in [6, 6.07) is 19.2. The highest BCUT2D eigenvalue weighted by Crippen LogP contribution is 2.33. The molecule has 0 aromatic heterocycles. The van der Waals surface area contributed by atoms with Crippen LogP contribution in [0.5, 0.6) is 5.75 Å². The van der Waals surface area contributed by atoms with Crippen LogP contribution in [-0.2, 0) is 17.9 Å². The number of imide groups is 1. The number of aryl methyl sites for hydroxylation is 1. The van der Waals surface area contributed by atoms with Gasteiger partial charge in [0.2, 0.25) is 0 Å². The van der Waals surface area contributed by atoms with Crippen LogP contribution in [0.3, 0.4) is 0 Å². The van der Waals surface area contributed by atoms with Gasteiger partial charge in [-0.15, -0.1) is 0 Å². The molecule has 4 rings (SSSR count). The van der Waals surface area contributed by atoms with Gasteiger partial charge in [-0.25, -0.2) is 4.39 Å². The van der Waals surface area contributed by atoms with Crippen LogP contribution in [0.2, 0.25) is 5.02 Å². The van der Waals surface area contributed by atoms with E-state index >= 15 is 0 Å². The summed E-state index contributed by atoms with van der Waals surface area (Å²) in [7, 11) is 0. The van der Waals surface area contributed by atoms with Gasteiger partial charge in [0.15, 0.2) is 0 Å². The minimum Gasteiger partial charge on any atom is -0.489 e. The summed E-state index contributed by atoms with van der Waals surface area (Å²) in [5.74, 6) is -0.194. The molecule has 3 aromatic rings. The van der Waals surface area contributed by atoms with Gasteiger partial charge < -0.3 is 4.74 Å². The minimum absolute atomic E-state index is 0.00268. The van der Waals surface area contributed by atoms with Gasteiger partial charge in [0, 0.05) is 5.56 Å². The van der Waals surface area contributed by atoms with E-state index in [-0.39, 0.29) is 24.3 Å². The van der Waals surface area contributed by atoms with Crippen LogP contribution in [0.4, 0.5) is 9.18 Å². The van der Waals surface area contributed by atoms with E-state index in [9.17, 15) is 14.0 Å². The number of halogens is 2. The monoisotopic (exact) mass is 467 g/mol. The van der Waals surface area contributed by atoms with Gasteiger partial charge in [-0.1, -0.05) is 59.6 Å². The maximum atomic E-state index is 13.9. The second-order valence-corrected chi connectivity index (χ2v) is 8.72. The van der Waals surface area contributed by atoms with E-state index in [2.05, 4.69) is 0 Å². The van der Waals surface area contributed by atoms with Crippen LogP contribution in [0, 0.1) is 12.7 Å². The van der Waals surface area contributed by atoms with Crippen LogP contribution in [0.1, 0.15) is 22.3 Å². The molecule has 0 spiro atoms. The van der Waals surface area contributed by atoms with Gasteiger partial charge in [0.1, 0.15) is 18.2 Å². The third kappa shape index (κ3) is 5.03. The predicted molar refractivity (Wildman–Crippen MR) is 125 cm³/mol. The van der Waals surface area contributed by atoms with Crippen molar-refractivity contribution in [2.75, 3.05) is 0 Å². The van der Waals surface area contributed by atoms with Crippen molar-refractivity contribution in [3.05, 3.63) is 105 Å². The molecule has 0 unspecified atom stereocenters. The Morgan fingerprint density at radius 1 is 1.06 bits per heavy atom. The molecule has 1 heterocycles. The molecule has 0 bridgehead atoms. The number of benzene rings is 3. The quantitative estimate of drug-likeness (QED) is 0.383. The molecule has 0 atom stereocenters. The Bertz CT molecular complexity index is 1190. The van der Waals surface area contributed by atoms with Crippen molar-refractivity contribution in [3.63, 3.8) is 0 Å². The topological polar surface area (TPSA) is 46.6 Å². The molecule has 3 aromatic carbocycles. The highest BCUT2D eigenvalue weighted by molar-refractivity contribution is 8.18. The zero-order chi connectivity index (χ0) is 22.7. The maximum absolute atomic E-state index is 13.9. The first-order valence-electron chi connectivity index (χ1n) is 9.87. The Hall–Kier alpha value is -3.09. The van der Waals surface area contributed by atoms with Gasteiger partial charge in [-0.2, -0.15) is 0 Å². The van der Waals surface area contributed by atoms with Crippen LogP contribution in [-0.4, -0.2) is 16.0 Å². The minimum atomic E-state index is -0.421. The molecule has 0 radical (unpaired) electrons. The maximum Gasteiger partial charge on any atom is 0.293 e. The molecule has 1 saturated heterocycles. The fourth-order valence-corrected chi connectivity index (χ4v) is 4.32. The number of amides is 2. The van der Waals surface area contributed by atoms with E-state index in [1.807, 2.05) is 31.2 Å². The van der Waals surface area contributed by atoms with Crippen LogP contribution in [0.15, 0.2) is 71.6 Å². The van der Waals surface area contributed by atoms with Crippen molar-refractivity contribution in [2.45, 2.75) is 20.1 Å². The summed E-state index contributed by atoms with van der Waals surface area (Å²) in [5, 5.41) is 0.0208. The van der Waals surface area contributed by atoms with Crippen LogP contribution < -0.4 is 4.74 Å². The van der Waals surface area contributed by atoms with Gasteiger partial charge >= 0.3 is 0 Å². The first kappa shape index (κ1) is 22.1. The fourth-order valence-electron chi connectivity index (χ4n) is 3.27. The van der Waals surface area contributed by atoms with Crippen molar-refractivity contribution < 1.29 is 18.7 Å². The van der Waals surface area contributed by atoms with Gasteiger partial charge in [0.05, 0.1) is 16.5 Å². The standard InChI is InChI=1S/C25H19ClFNO3S/c1-16-4-2-5-18(12-16)14-28-24(29)23(32-25(28)30)13-17-8-10-19(11-9-17)31-15-20-21(26)6-3-7-22(20)27/h2-13H,14-15H2,1H3/b23-13-. The number of nitrogens with zero attached hydrogens (tertiary/aromatic N) is 1. The summed E-state index contributed by atoms with van der Waals surface area (Å²) < 4.78 is 19.5. The molecule has 1 aliphatic rings. The largest absolute Gasteiger partial charge is 0.489 e. The lowest BCUT2D eigenvalue weighted by Gasteiger charge is -2.12. The molecule has 2 amide bonds. The fraction of sp³-hybridized carbons (Fsp3) is 0.120. The highest BCUT2D eigenvalue weighted by Gasteiger charge is 2.34. The Morgan fingerprint density at radius 3 is 2.53 bits per heavy atom. The number of hydrogen-bond acceptors (Lipinski definition) is 4. The summed E-state index contributed by atoms with van der Waals surface area (Å²) in [6.07, 6.45) is 1.68. The molecule has 0 saturated carbocycles. The third-order valence-corrected chi connectivity index (χ3v) is 6.18. The summed E-state index contributed by atoms with van der Waals surface area (Å²) >= 11 is 6.94. The van der Waals surface area contributed by atoms with E-state index in [0.717, 1.165) is 28.5 Å². The van der Waals surface area contributed by atoms with Crippen LogP contribution in [0.25, 0.3) is 6.08 Å². The third-order valence-electron chi connectivity index (χ3n) is 4.92. The molecule has 0 N–H and O–H groups in total. The summed E-state index contributed by atoms with van der Waals surface area (Å²) in [4.78, 5) is 26.7. The summed E-state index contributed by atoms with van der Waals surface area (Å²) in [5.41, 5.74) is 3.03. The van der Waals surface area contributed by atoms with Crippen molar-refractivity contribution in [1.29, 1.82) is 0 Å². The molecule has 162 valence electrons. The van der Waals surface area contributed by atoms with Crippen molar-refractivity contribution in [1.82, 2.24) is 4.90 Å². The Labute approximate surface area is 194 Å². The van der Waals surface area contributed by atoms with Crippen molar-refractivity contribution in [3.8, 4) is 5.75 Å². The summed E-state index contributed by atoms with van der Waals surface area (Å²) in [6.45, 7) is 2.22. The Kier molecular flexibility index (Phi) is 6.63. The number of hydrogen-bond donors (Lipinski definition) is 0. The number of ether oxygens (including phenoxy) is 1. The van der Waals surface area contributed by atoms with Crippen LogP contribution >= 0.6 is 23.4 Å². The first-order chi connectivity index (χ1) is 15.4.